The molecule has 0 amide bonds. The molecule has 0 spiro atoms. The van der Waals surface area contributed by atoms with Crippen molar-refractivity contribution in [2.24, 2.45) is 11.7 Å². The molecule has 0 fully saturated rings. The summed E-state index contributed by atoms with van der Waals surface area (Å²) in [4.78, 5) is 0.353. The van der Waals surface area contributed by atoms with Gasteiger partial charge in [-0.05, 0) is 29.5 Å². The van der Waals surface area contributed by atoms with Gasteiger partial charge in [-0.25, -0.2) is 8.42 Å². The topological polar surface area (TPSA) is 60.2 Å². The molecule has 0 saturated heterocycles. The second-order valence-electron chi connectivity index (χ2n) is 4.95. The number of benzene rings is 1. The Kier molecular flexibility index (Phi) is 4.33. The van der Waals surface area contributed by atoms with Crippen molar-refractivity contribution in [2.45, 2.75) is 37.6 Å². The summed E-state index contributed by atoms with van der Waals surface area (Å²) in [6.07, 6.45) is 1.21. The molecule has 0 aliphatic carbocycles. The van der Waals surface area contributed by atoms with Gasteiger partial charge in [0.15, 0.2) is 9.84 Å². The Balaban J connectivity index is 2.96. The lowest BCUT2D eigenvalue weighted by Gasteiger charge is -2.23. The maximum absolute atomic E-state index is 11.3. The van der Waals surface area contributed by atoms with Gasteiger partial charge in [0.2, 0.25) is 0 Å². The van der Waals surface area contributed by atoms with Gasteiger partial charge in [0.1, 0.15) is 0 Å². The molecule has 0 radical (unpaired) electrons. The van der Waals surface area contributed by atoms with E-state index >= 15 is 0 Å². The highest BCUT2D eigenvalue weighted by atomic mass is 32.2. The fourth-order valence-electron chi connectivity index (χ4n) is 1.82. The van der Waals surface area contributed by atoms with Crippen LogP contribution in [0, 0.1) is 5.92 Å². The molecular weight excluding hydrogens is 234 g/mol. The fourth-order valence-corrected chi connectivity index (χ4v) is 2.45. The smallest absolute Gasteiger partial charge is 0.175 e. The normalized spacial score (nSPS) is 15.9. The molecule has 2 atom stereocenters. The van der Waals surface area contributed by atoms with E-state index in [1.165, 1.54) is 6.26 Å². The zero-order chi connectivity index (χ0) is 13.2. The molecule has 0 aliphatic heterocycles. The molecule has 1 aromatic rings. The SMILES string of the molecule is CC(C)C(N)C(C)c1ccc(S(C)(=O)=O)cc1. The molecule has 0 bridgehead atoms. The maximum atomic E-state index is 11.3. The van der Waals surface area contributed by atoms with Crippen molar-refractivity contribution in [3.8, 4) is 0 Å². The molecule has 1 aromatic carbocycles. The maximum Gasteiger partial charge on any atom is 0.175 e. The summed E-state index contributed by atoms with van der Waals surface area (Å²) in [7, 11) is -3.11. The Morgan fingerprint density at radius 1 is 1.06 bits per heavy atom. The second kappa shape index (κ2) is 5.19. The van der Waals surface area contributed by atoms with Gasteiger partial charge in [-0.1, -0.05) is 32.9 Å². The molecular formula is C13H21NO2S. The van der Waals surface area contributed by atoms with Crippen LogP contribution in [0.4, 0.5) is 0 Å². The molecule has 17 heavy (non-hydrogen) atoms. The van der Waals surface area contributed by atoms with Crippen LogP contribution in [0.25, 0.3) is 0 Å². The van der Waals surface area contributed by atoms with Crippen LogP contribution in [-0.4, -0.2) is 20.7 Å². The van der Waals surface area contributed by atoms with E-state index < -0.39 is 9.84 Å². The zero-order valence-corrected chi connectivity index (χ0v) is 11.7. The summed E-state index contributed by atoms with van der Waals surface area (Å²) < 4.78 is 22.7. The quantitative estimate of drug-likeness (QED) is 0.897. The largest absolute Gasteiger partial charge is 0.327 e. The lowest BCUT2D eigenvalue weighted by molar-refractivity contribution is 0.434. The average molecular weight is 255 g/mol. The number of hydrogen-bond acceptors (Lipinski definition) is 3. The predicted molar refractivity (Wildman–Crippen MR) is 70.8 cm³/mol. The van der Waals surface area contributed by atoms with Crippen molar-refractivity contribution < 1.29 is 8.42 Å². The van der Waals surface area contributed by atoms with Crippen molar-refractivity contribution in [2.75, 3.05) is 6.26 Å². The molecule has 96 valence electrons. The molecule has 0 heterocycles. The first-order valence-corrected chi connectivity index (χ1v) is 7.68. The number of nitrogens with two attached hydrogens (primary N) is 1. The van der Waals surface area contributed by atoms with Gasteiger partial charge in [-0.15, -0.1) is 0 Å². The molecule has 2 N–H and O–H groups in total. The number of hydrogen-bond donors (Lipinski definition) is 1. The molecule has 4 heteroatoms. The summed E-state index contributed by atoms with van der Waals surface area (Å²) in [5.41, 5.74) is 7.18. The Morgan fingerprint density at radius 2 is 1.53 bits per heavy atom. The Labute approximate surface area is 104 Å². The van der Waals surface area contributed by atoms with Gasteiger partial charge >= 0.3 is 0 Å². The minimum Gasteiger partial charge on any atom is -0.327 e. The van der Waals surface area contributed by atoms with E-state index in [4.69, 9.17) is 5.73 Å². The monoisotopic (exact) mass is 255 g/mol. The van der Waals surface area contributed by atoms with Crippen LogP contribution in [0.1, 0.15) is 32.3 Å². The first-order chi connectivity index (χ1) is 7.73. The van der Waals surface area contributed by atoms with Crippen LogP contribution in [0.15, 0.2) is 29.2 Å². The molecule has 0 aromatic heterocycles. The third kappa shape index (κ3) is 3.54. The van der Waals surface area contributed by atoms with E-state index in [0.717, 1.165) is 5.56 Å². The molecule has 1 rings (SSSR count). The molecule has 0 aliphatic rings. The van der Waals surface area contributed by atoms with Crippen LogP contribution in [0.5, 0.6) is 0 Å². The average Bonchev–Trinajstić information content (AvgIpc) is 2.26. The third-order valence-corrected chi connectivity index (χ3v) is 4.31. The minimum atomic E-state index is -3.11. The highest BCUT2D eigenvalue weighted by Crippen LogP contribution is 2.23. The Morgan fingerprint density at radius 3 is 1.88 bits per heavy atom. The van der Waals surface area contributed by atoms with Gasteiger partial charge in [0.25, 0.3) is 0 Å². The van der Waals surface area contributed by atoms with Crippen LogP contribution in [-0.2, 0) is 9.84 Å². The summed E-state index contributed by atoms with van der Waals surface area (Å²) in [6, 6.07) is 7.08. The van der Waals surface area contributed by atoms with Gasteiger partial charge in [0.05, 0.1) is 4.90 Å². The Hall–Kier alpha value is -0.870. The molecule has 2 unspecified atom stereocenters. The fraction of sp³-hybridized carbons (Fsp3) is 0.538. The summed E-state index contributed by atoms with van der Waals surface area (Å²) >= 11 is 0. The van der Waals surface area contributed by atoms with E-state index in [1.54, 1.807) is 12.1 Å². The second-order valence-corrected chi connectivity index (χ2v) is 6.97. The molecule has 0 saturated carbocycles. The van der Waals surface area contributed by atoms with E-state index in [1.807, 2.05) is 12.1 Å². The highest BCUT2D eigenvalue weighted by molar-refractivity contribution is 7.90. The predicted octanol–water partition coefficient (Wildman–Crippen LogP) is 2.18. The van der Waals surface area contributed by atoms with Crippen molar-refractivity contribution in [3.63, 3.8) is 0 Å². The summed E-state index contributed by atoms with van der Waals surface area (Å²) in [6.45, 7) is 6.25. The van der Waals surface area contributed by atoms with Crippen molar-refractivity contribution >= 4 is 9.84 Å². The number of sulfone groups is 1. The minimum absolute atomic E-state index is 0.0825. The summed E-state index contributed by atoms with van der Waals surface area (Å²) in [5, 5.41) is 0. The van der Waals surface area contributed by atoms with E-state index in [0.29, 0.717) is 10.8 Å². The first kappa shape index (κ1) is 14.2. The first-order valence-electron chi connectivity index (χ1n) is 5.79. The lowest BCUT2D eigenvalue weighted by Crippen LogP contribution is -2.32. The van der Waals surface area contributed by atoms with E-state index in [9.17, 15) is 8.42 Å². The van der Waals surface area contributed by atoms with Gasteiger partial charge in [0, 0.05) is 12.3 Å². The van der Waals surface area contributed by atoms with Crippen molar-refractivity contribution in [3.05, 3.63) is 29.8 Å². The number of rotatable bonds is 4. The van der Waals surface area contributed by atoms with Gasteiger partial charge in [-0.2, -0.15) is 0 Å². The molecule has 3 nitrogen and oxygen atoms in total. The lowest BCUT2D eigenvalue weighted by atomic mass is 9.87. The van der Waals surface area contributed by atoms with Gasteiger partial charge in [-0.3, -0.25) is 0 Å². The van der Waals surface area contributed by atoms with Crippen LogP contribution in [0.3, 0.4) is 0 Å². The van der Waals surface area contributed by atoms with E-state index in [2.05, 4.69) is 20.8 Å². The van der Waals surface area contributed by atoms with E-state index in [-0.39, 0.29) is 12.0 Å². The van der Waals surface area contributed by atoms with Crippen LogP contribution < -0.4 is 5.73 Å². The van der Waals surface area contributed by atoms with Gasteiger partial charge < -0.3 is 5.73 Å². The van der Waals surface area contributed by atoms with Crippen molar-refractivity contribution in [1.29, 1.82) is 0 Å². The highest BCUT2D eigenvalue weighted by Gasteiger charge is 2.18. The standard InChI is InChI=1S/C13H21NO2S/c1-9(2)13(14)10(3)11-5-7-12(8-6-11)17(4,15)16/h5-10,13H,14H2,1-4H3. The zero-order valence-electron chi connectivity index (χ0n) is 10.8. The Bertz CT molecular complexity index is 463. The van der Waals surface area contributed by atoms with Crippen LogP contribution >= 0.6 is 0 Å². The van der Waals surface area contributed by atoms with Crippen LogP contribution in [0.2, 0.25) is 0 Å². The third-order valence-electron chi connectivity index (χ3n) is 3.18. The van der Waals surface area contributed by atoms with Crippen molar-refractivity contribution in [1.82, 2.24) is 0 Å². The summed E-state index contributed by atoms with van der Waals surface area (Å²) in [5.74, 6) is 0.628.